The molecule has 3 rings (SSSR count). The van der Waals surface area contributed by atoms with E-state index in [4.69, 9.17) is 5.73 Å². The van der Waals surface area contributed by atoms with E-state index in [2.05, 4.69) is 20.9 Å². The molecule has 0 atom stereocenters. The summed E-state index contributed by atoms with van der Waals surface area (Å²) in [5.74, 6) is 0. The SMILES string of the molecule is NC1(c2nc3ccccn3c2Br)CC1. The van der Waals surface area contributed by atoms with E-state index >= 15 is 0 Å². The first-order valence-corrected chi connectivity index (χ1v) is 5.42. The zero-order valence-corrected chi connectivity index (χ0v) is 9.16. The van der Waals surface area contributed by atoms with Crippen LogP contribution >= 0.6 is 15.9 Å². The molecule has 0 bridgehead atoms. The summed E-state index contributed by atoms with van der Waals surface area (Å²) in [6.07, 6.45) is 4.06. The predicted molar refractivity (Wildman–Crippen MR) is 58.0 cm³/mol. The van der Waals surface area contributed by atoms with Crippen molar-refractivity contribution in [2.45, 2.75) is 18.4 Å². The van der Waals surface area contributed by atoms with Crippen molar-refractivity contribution < 1.29 is 0 Å². The van der Waals surface area contributed by atoms with Crippen LogP contribution in [0.1, 0.15) is 18.5 Å². The van der Waals surface area contributed by atoms with Crippen LogP contribution in [0.15, 0.2) is 29.0 Å². The molecule has 2 aromatic rings. The van der Waals surface area contributed by atoms with Gasteiger partial charge in [0.15, 0.2) is 0 Å². The molecule has 2 aromatic heterocycles. The first-order valence-electron chi connectivity index (χ1n) is 4.63. The van der Waals surface area contributed by atoms with Gasteiger partial charge >= 0.3 is 0 Å². The highest BCUT2D eigenvalue weighted by atomic mass is 79.9. The monoisotopic (exact) mass is 251 g/mol. The molecule has 4 heteroatoms. The van der Waals surface area contributed by atoms with E-state index in [-0.39, 0.29) is 5.54 Å². The Bertz CT molecular complexity index is 499. The van der Waals surface area contributed by atoms with E-state index in [9.17, 15) is 0 Å². The van der Waals surface area contributed by atoms with Gasteiger partial charge in [-0.2, -0.15) is 0 Å². The number of pyridine rings is 1. The number of nitrogens with two attached hydrogens (primary N) is 1. The molecule has 2 N–H and O–H groups in total. The molecule has 14 heavy (non-hydrogen) atoms. The number of hydrogen-bond donors (Lipinski definition) is 1. The molecule has 1 saturated carbocycles. The van der Waals surface area contributed by atoms with E-state index in [1.54, 1.807) is 0 Å². The minimum Gasteiger partial charge on any atom is -0.320 e. The van der Waals surface area contributed by atoms with Gasteiger partial charge in [0.2, 0.25) is 0 Å². The molecule has 0 saturated heterocycles. The number of nitrogens with zero attached hydrogens (tertiary/aromatic N) is 2. The van der Waals surface area contributed by atoms with E-state index in [0.717, 1.165) is 28.8 Å². The van der Waals surface area contributed by atoms with Crippen molar-refractivity contribution >= 4 is 21.6 Å². The third kappa shape index (κ3) is 1.04. The molecule has 1 aliphatic rings. The molecule has 0 aromatic carbocycles. The fraction of sp³-hybridized carbons (Fsp3) is 0.300. The van der Waals surface area contributed by atoms with Gasteiger partial charge < -0.3 is 5.73 Å². The Kier molecular flexibility index (Phi) is 1.56. The van der Waals surface area contributed by atoms with Crippen LogP contribution in [0.2, 0.25) is 0 Å². The van der Waals surface area contributed by atoms with Gasteiger partial charge in [-0.15, -0.1) is 0 Å². The van der Waals surface area contributed by atoms with Gasteiger partial charge in [0.05, 0.1) is 11.2 Å². The highest BCUT2D eigenvalue weighted by molar-refractivity contribution is 9.10. The molecule has 0 radical (unpaired) electrons. The summed E-state index contributed by atoms with van der Waals surface area (Å²) in [6, 6.07) is 5.95. The van der Waals surface area contributed by atoms with Crippen LogP contribution in [0, 0.1) is 0 Å². The van der Waals surface area contributed by atoms with Crippen molar-refractivity contribution in [2.24, 2.45) is 5.73 Å². The van der Waals surface area contributed by atoms with Crippen LogP contribution in [0.4, 0.5) is 0 Å². The average Bonchev–Trinajstić information content (AvgIpc) is 2.84. The third-order valence-electron chi connectivity index (χ3n) is 2.73. The zero-order chi connectivity index (χ0) is 9.76. The summed E-state index contributed by atoms with van der Waals surface area (Å²) in [7, 11) is 0. The van der Waals surface area contributed by atoms with Gasteiger partial charge in [-0.1, -0.05) is 6.07 Å². The number of halogens is 1. The Balaban J connectivity index is 2.31. The van der Waals surface area contributed by atoms with E-state index < -0.39 is 0 Å². The number of imidazole rings is 1. The molecule has 2 heterocycles. The fourth-order valence-electron chi connectivity index (χ4n) is 1.65. The summed E-state index contributed by atoms with van der Waals surface area (Å²) in [5.41, 5.74) is 7.89. The van der Waals surface area contributed by atoms with Gasteiger partial charge in [0.25, 0.3) is 0 Å². The highest BCUT2D eigenvalue weighted by Gasteiger charge is 2.44. The highest BCUT2D eigenvalue weighted by Crippen LogP contribution is 2.44. The first kappa shape index (κ1) is 8.44. The second-order valence-electron chi connectivity index (χ2n) is 3.84. The Labute approximate surface area is 90.1 Å². The maximum absolute atomic E-state index is 6.13. The second-order valence-corrected chi connectivity index (χ2v) is 4.59. The maximum Gasteiger partial charge on any atom is 0.137 e. The Morgan fingerprint density at radius 2 is 2.21 bits per heavy atom. The molecule has 0 spiro atoms. The fourth-order valence-corrected chi connectivity index (χ4v) is 2.44. The number of rotatable bonds is 1. The molecular weight excluding hydrogens is 242 g/mol. The van der Waals surface area contributed by atoms with Gasteiger partial charge in [0.1, 0.15) is 10.3 Å². The van der Waals surface area contributed by atoms with Crippen LogP contribution in [-0.2, 0) is 5.54 Å². The lowest BCUT2D eigenvalue weighted by Crippen LogP contribution is -2.19. The van der Waals surface area contributed by atoms with E-state index in [0.29, 0.717) is 0 Å². The molecule has 72 valence electrons. The Morgan fingerprint density at radius 3 is 2.86 bits per heavy atom. The smallest absolute Gasteiger partial charge is 0.137 e. The lowest BCUT2D eigenvalue weighted by Gasteiger charge is -2.03. The number of aromatic nitrogens is 2. The molecule has 0 unspecified atom stereocenters. The summed E-state index contributed by atoms with van der Waals surface area (Å²) in [5, 5.41) is 0. The largest absolute Gasteiger partial charge is 0.320 e. The molecule has 0 aliphatic heterocycles. The summed E-state index contributed by atoms with van der Waals surface area (Å²) in [4.78, 5) is 4.54. The van der Waals surface area contributed by atoms with Crippen LogP contribution in [0.25, 0.3) is 5.65 Å². The number of hydrogen-bond acceptors (Lipinski definition) is 2. The Hall–Kier alpha value is -0.870. The zero-order valence-electron chi connectivity index (χ0n) is 7.57. The van der Waals surface area contributed by atoms with Crippen molar-refractivity contribution in [3.05, 3.63) is 34.7 Å². The van der Waals surface area contributed by atoms with Gasteiger partial charge in [-0.05, 0) is 40.9 Å². The predicted octanol–water partition coefficient (Wildman–Crippen LogP) is 2.04. The van der Waals surface area contributed by atoms with Gasteiger partial charge in [0, 0.05) is 6.20 Å². The molecule has 3 nitrogen and oxygen atoms in total. The molecular formula is C10H10BrN3. The van der Waals surface area contributed by atoms with Crippen LogP contribution in [-0.4, -0.2) is 9.38 Å². The second kappa shape index (κ2) is 2.58. The van der Waals surface area contributed by atoms with E-state index in [1.165, 1.54) is 0 Å². The van der Waals surface area contributed by atoms with Crippen LogP contribution in [0.5, 0.6) is 0 Å². The van der Waals surface area contributed by atoms with Crippen molar-refractivity contribution in [2.75, 3.05) is 0 Å². The normalized spacial score (nSPS) is 18.7. The standard InChI is InChI=1S/C10H10BrN3/c11-9-8(10(12)4-5-10)13-7-3-1-2-6-14(7)9/h1-3,6H,4-5,12H2. The Morgan fingerprint density at radius 1 is 1.43 bits per heavy atom. The third-order valence-corrected chi connectivity index (χ3v) is 3.49. The number of fused-ring (bicyclic) bond motifs is 1. The van der Waals surface area contributed by atoms with Crippen molar-refractivity contribution in [1.82, 2.24) is 9.38 Å². The van der Waals surface area contributed by atoms with Gasteiger partial charge in [-0.3, -0.25) is 4.40 Å². The summed E-state index contributed by atoms with van der Waals surface area (Å²) >= 11 is 3.55. The maximum atomic E-state index is 6.13. The molecule has 1 fully saturated rings. The van der Waals surface area contributed by atoms with E-state index in [1.807, 2.05) is 28.8 Å². The van der Waals surface area contributed by atoms with Crippen molar-refractivity contribution in [1.29, 1.82) is 0 Å². The lowest BCUT2D eigenvalue weighted by atomic mass is 10.2. The average molecular weight is 252 g/mol. The first-order chi connectivity index (χ1) is 6.71. The van der Waals surface area contributed by atoms with Crippen LogP contribution in [0.3, 0.4) is 0 Å². The van der Waals surface area contributed by atoms with Crippen molar-refractivity contribution in [3.63, 3.8) is 0 Å². The molecule has 0 amide bonds. The van der Waals surface area contributed by atoms with Crippen molar-refractivity contribution in [3.8, 4) is 0 Å². The molecule has 1 aliphatic carbocycles. The summed E-state index contributed by atoms with van der Waals surface area (Å²) < 4.78 is 3.01. The quantitative estimate of drug-likeness (QED) is 0.844. The minimum atomic E-state index is -0.176. The summed E-state index contributed by atoms with van der Waals surface area (Å²) in [6.45, 7) is 0. The van der Waals surface area contributed by atoms with Gasteiger partial charge in [-0.25, -0.2) is 4.98 Å². The van der Waals surface area contributed by atoms with Crippen LogP contribution < -0.4 is 5.73 Å². The topological polar surface area (TPSA) is 43.3 Å². The minimum absolute atomic E-state index is 0.176. The lowest BCUT2D eigenvalue weighted by molar-refractivity contribution is 0.709.